The second-order valence-corrected chi connectivity index (χ2v) is 6.53. The Bertz CT molecular complexity index is 548. The number of nitrogens with one attached hydrogen (secondary N) is 1. The van der Waals surface area contributed by atoms with Gasteiger partial charge in [-0.3, -0.25) is 9.59 Å². The molecule has 1 heterocycles. The molecule has 2 amide bonds. The Morgan fingerprint density at radius 2 is 2.14 bits per heavy atom. The Kier molecular flexibility index (Phi) is 4.88. The summed E-state index contributed by atoms with van der Waals surface area (Å²) in [5.41, 5.74) is -0.821. The van der Waals surface area contributed by atoms with Crippen LogP contribution in [0, 0.1) is 5.82 Å². The molecule has 2 rings (SSSR count). The second kappa shape index (κ2) is 6.47. The molecule has 1 aromatic carbocycles. The van der Waals surface area contributed by atoms with Gasteiger partial charge in [-0.1, -0.05) is 12.1 Å². The van der Waals surface area contributed by atoms with Gasteiger partial charge in [0.15, 0.2) is 0 Å². The molecule has 114 valence electrons. The number of rotatable bonds is 4. The van der Waals surface area contributed by atoms with Crippen molar-refractivity contribution < 1.29 is 14.0 Å². The van der Waals surface area contributed by atoms with E-state index in [0.717, 1.165) is 0 Å². The van der Waals surface area contributed by atoms with E-state index < -0.39 is 5.54 Å². The Morgan fingerprint density at radius 3 is 2.86 bits per heavy atom. The molecule has 0 atom stereocenters. The minimum atomic E-state index is -0.821. The molecular weight excluding hydrogens is 291 g/mol. The SMILES string of the molecule is CC1(C)C(=O)NCCN1C(=O)CCSc1ccccc1F. The predicted molar refractivity (Wildman–Crippen MR) is 80.5 cm³/mol. The second-order valence-electron chi connectivity index (χ2n) is 5.39. The van der Waals surface area contributed by atoms with Crippen LogP contribution in [-0.4, -0.2) is 41.1 Å². The van der Waals surface area contributed by atoms with Crippen LogP contribution in [0.2, 0.25) is 0 Å². The van der Waals surface area contributed by atoms with E-state index in [1.807, 2.05) is 0 Å². The van der Waals surface area contributed by atoms with Crippen LogP contribution in [-0.2, 0) is 9.59 Å². The molecule has 0 unspecified atom stereocenters. The van der Waals surface area contributed by atoms with Gasteiger partial charge in [-0.25, -0.2) is 4.39 Å². The third-order valence-electron chi connectivity index (χ3n) is 3.56. The summed E-state index contributed by atoms with van der Waals surface area (Å²) in [4.78, 5) is 26.2. The molecule has 1 saturated heterocycles. The summed E-state index contributed by atoms with van der Waals surface area (Å²) < 4.78 is 13.5. The molecule has 1 N–H and O–H groups in total. The number of hydrogen-bond acceptors (Lipinski definition) is 3. The first-order valence-electron chi connectivity index (χ1n) is 6.89. The van der Waals surface area contributed by atoms with Gasteiger partial charge in [0.05, 0.1) is 0 Å². The van der Waals surface area contributed by atoms with Crippen LogP contribution in [0.1, 0.15) is 20.3 Å². The Morgan fingerprint density at radius 1 is 1.43 bits per heavy atom. The monoisotopic (exact) mass is 310 g/mol. The van der Waals surface area contributed by atoms with Crippen LogP contribution in [0.15, 0.2) is 29.2 Å². The molecule has 21 heavy (non-hydrogen) atoms. The maximum atomic E-state index is 13.5. The standard InChI is InChI=1S/C15H19FN2O2S/c1-15(2)14(20)17-8-9-18(15)13(19)7-10-21-12-6-4-3-5-11(12)16/h3-6H,7-10H2,1-2H3,(H,17,20). The summed E-state index contributed by atoms with van der Waals surface area (Å²) in [6.07, 6.45) is 0.287. The van der Waals surface area contributed by atoms with Gasteiger partial charge in [0, 0.05) is 30.2 Å². The average molecular weight is 310 g/mol. The highest BCUT2D eigenvalue weighted by Crippen LogP contribution is 2.24. The number of halogens is 1. The van der Waals surface area contributed by atoms with Crippen LogP contribution in [0.3, 0.4) is 0 Å². The fourth-order valence-electron chi connectivity index (χ4n) is 2.28. The molecule has 6 heteroatoms. The molecule has 1 aliphatic heterocycles. The summed E-state index contributed by atoms with van der Waals surface area (Å²) >= 11 is 1.32. The molecule has 0 radical (unpaired) electrons. The lowest BCUT2D eigenvalue weighted by molar-refractivity contribution is -0.148. The highest BCUT2D eigenvalue weighted by atomic mass is 32.2. The number of piperazine rings is 1. The van der Waals surface area contributed by atoms with E-state index in [9.17, 15) is 14.0 Å². The van der Waals surface area contributed by atoms with Gasteiger partial charge in [0.25, 0.3) is 0 Å². The minimum absolute atomic E-state index is 0.0707. The van der Waals surface area contributed by atoms with Crippen molar-refractivity contribution in [3.63, 3.8) is 0 Å². The quantitative estimate of drug-likeness (QED) is 0.866. The molecule has 0 aliphatic carbocycles. The maximum absolute atomic E-state index is 13.5. The molecule has 4 nitrogen and oxygen atoms in total. The summed E-state index contributed by atoms with van der Waals surface area (Å²) in [5.74, 6) is 0.0173. The molecule has 0 saturated carbocycles. The topological polar surface area (TPSA) is 49.4 Å². The molecule has 0 spiro atoms. The van der Waals surface area contributed by atoms with Crippen molar-refractivity contribution in [2.75, 3.05) is 18.8 Å². The Labute approximate surface area is 128 Å². The Hall–Kier alpha value is -1.56. The molecule has 1 aliphatic rings. The maximum Gasteiger partial charge on any atom is 0.245 e. The van der Waals surface area contributed by atoms with E-state index >= 15 is 0 Å². The number of nitrogens with zero attached hydrogens (tertiary/aromatic N) is 1. The lowest BCUT2D eigenvalue weighted by Crippen LogP contribution is -2.63. The van der Waals surface area contributed by atoms with E-state index in [4.69, 9.17) is 0 Å². The van der Waals surface area contributed by atoms with Crippen LogP contribution in [0.25, 0.3) is 0 Å². The highest BCUT2D eigenvalue weighted by molar-refractivity contribution is 7.99. The van der Waals surface area contributed by atoms with Crippen molar-refractivity contribution in [2.45, 2.75) is 30.7 Å². The molecule has 0 aromatic heterocycles. The smallest absolute Gasteiger partial charge is 0.245 e. The number of hydrogen-bond donors (Lipinski definition) is 1. The summed E-state index contributed by atoms with van der Waals surface area (Å²) in [6.45, 7) is 4.48. The predicted octanol–water partition coefficient (Wildman–Crippen LogP) is 2.04. The zero-order chi connectivity index (χ0) is 15.5. The van der Waals surface area contributed by atoms with Crippen LogP contribution < -0.4 is 5.32 Å². The third kappa shape index (κ3) is 3.56. The number of benzene rings is 1. The van der Waals surface area contributed by atoms with Crippen molar-refractivity contribution in [3.8, 4) is 0 Å². The summed E-state index contributed by atoms with van der Waals surface area (Å²) in [5, 5.41) is 2.76. The first-order chi connectivity index (χ1) is 9.93. The third-order valence-corrected chi connectivity index (χ3v) is 4.61. The number of carbonyl (C=O) groups excluding carboxylic acids is 2. The zero-order valence-electron chi connectivity index (χ0n) is 12.2. The fraction of sp³-hybridized carbons (Fsp3) is 0.467. The molecule has 0 bridgehead atoms. The van der Waals surface area contributed by atoms with E-state index in [-0.39, 0.29) is 24.1 Å². The van der Waals surface area contributed by atoms with Gasteiger partial charge in [-0.15, -0.1) is 11.8 Å². The van der Waals surface area contributed by atoms with Crippen molar-refractivity contribution in [3.05, 3.63) is 30.1 Å². The first-order valence-corrected chi connectivity index (χ1v) is 7.87. The van der Waals surface area contributed by atoms with Gasteiger partial charge in [0.1, 0.15) is 11.4 Å². The lowest BCUT2D eigenvalue weighted by atomic mass is 9.98. The lowest BCUT2D eigenvalue weighted by Gasteiger charge is -2.41. The average Bonchev–Trinajstić information content (AvgIpc) is 2.43. The number of carbonyl (C=O) groups is 2. The van der Waals surface area contributed by atoms with E-state index in [1.54, 1.807) is 36.9 Å². The highest BCUT2D eigenvalue weighted by Gasteiger charge is 2.39. The van der Waals surface area contributed by atoms with Gasteiger partial charge in [-0.2, -0.15) is 0 Å². The Balaban J connectivity index is 1.90. The van der Waals surface area contributed by atoms with E-state index in [1.165, 1.54) is 17.8 Å². The van der Waals surface area contributed by atoms with Crippen LogP contribution >= 0.6 is 11.8 Å². The molecular formula is C15H19FN2O2S. The largest absolute Gasteiger partial charge is 0.352 e. The van der Waals surface area contributed by atoms with Gasteiger partial charge >= 0.3 is 0 Å². The fourth-order valence-corrected chi connectivity index (χ4v) is 3.16. The summed E-state index contributed by atoms with van der Waals surface area (Å²) in [7, 11) is 0. The van der Waals surface area contributed by atoms with Gasteiger partial charge in [0.2, 0.25) is 11.8 Å². The molecule has 1 aromatic rings. The number of amides is 2. The zero-order valence-corrected chi connectivity index (χ0v) is 13.0. The van der Waals surface area contributed by atoms with Crippen molar-refractivity contribution in [2.24, 2.45) is 0 Å². The van der Waals surface area contributed by atoms with Gasteiger partial charge in [-0.05, 0) is 26.0 Å². The first kappa shape index (κ1) is 15.8. The van der Waals surface area contributed by atoms with Crippen LogP contribution in [0.4, 0.5) is 4.39 Å². The summed E-state index contributed by atoms with van der Waals surface area (Å²) in [6, 6.07) is 6.51. The van der Waals surface area contributed by atoms with Crippen LogP contribution in [0.5, 0.6) is 0 Å². The van der Waals surface area contributed by atoms with Crippen molar-refractivity contribution in [1.29, 1.82) is 0 Å². The van der Waals surface area contributed by atoms with E-state index in [2.05, 4.69) is 5.32 Å². The van der Waals surface area contributed by atoms with E-state index in [0.29, 0.717) is 23.7 Å². The molecule has 1 fully saturated rings. The van der Waals surface area contributed by atoms with Gasteiger partial charge < -0.3 is 10.2 Å². The van der Waals surface area contributed by atoms with Crippen molar-refractivity contribution >= 4 is 23.6 Å². The minimum Gasteiger partial charge on any atom is -0.352 e. The van der Waals surface area contributed by atoms with Crippen molar-refractivity contribution in [1.82, 2.24) is 10.2 Å². The normalized spacial score (nSPS) is 17.5. The number of thioether (sulfide) groups is 1.